The first-order chi connectivity index (χ1) is 14.8. The highest BCUT2D eigenvalue weighted by Gasteiger charge is 2.20. The number of fused-ring (bicyclic) bond motifs is 4. The van der Waals surface area contributed by atoms with Crippen molar-refractivity contribution < 1.29 is 17.9 Å². The topological polar surface area (TPSA) is 110 Å². The van der Waals surface area contributed by atoms with Crippen LogP contribution in [-0.4, -0.2) is 37.4 Å². The molecule has 8 nitrogen and oxygen atoms in total. The smallest absolute Gasteiger partial charge is 0.264 e. The molecular formula is C22H22N4O4S. The van der Waals surface area contributed by atoms with Gasteiger partial charge in [0.25, 0.3) is 15.9 Å². The first kappa shape index (κ1) is 20.8. The second-order valence-electron chi connectivity index (χ2n) is 7.27. The Morgan fingerprint density at radius 3 is 2.52 bits per heavy atom. The molecule has 1 aliphatic rings. The van der Waals surface area contributed by atoms with E-state index in [1.807, 2.05) is 32.0 Å². The minimum absolute atomic E-state index is 0.0549. The fourth-order valence-corrected chi connectivity index (χ4v) is 4.42. The van der Waals surface area contributed by atoms with Gasteiger partial charge in [-0.05, 0) is 49.6 Å². The molecule has 4 rings (SSSR count). The van der Waals surface area contributed by atoms with Crippen molar-refractivity contribution in [2.45, 2.75) is 25.2 Å². The molecule has 3 aromatic rings. The van der Waals surface area contributed by atoms with Crippen molar-refractivity contribution in [3.63, 3.8) is 0 Å². The van der Waals surface area contributed by atoms with Crippen LogP contribution in [0.2, 0.25) is 0 Å². The van der Waals surface area contributed by atoms with Gasteiger partial charge in [-0.3, -0.25) is 4.79 Å². The van der Waals surface area contributed by atoms with E-state index < -0.39 is 10.0 Å². The van der Waals surface area contributed by atoms with Crippen molar-refractivity contribution in [2.75, 3.05) is 17.9 Å². The summed E-state index contributed by atoms with van der Waals surface area (Å²) >= 11 is 0. The molecule has 0 fully saturated rings. The van der Waals surface area contributed by atoms with E-state index in [2.05, 4.69) is 20.0 Å². The van der Waals surface area contributed by atoms with Gasteiger partial charge in [-0.1, -0.05) is 24.3 Å². The van der Waals surface area contributed by atoms with E-state index >= 15 is 0 Å². The van der Waals surface area contributed by atoms with Gasteiger partial charge in [0.15, 0.2) is 0 Å². The molecule has 2 heterocycles. The van der Waals surface area contributed by atoms with Crippen LogP contribution < -0.4 is 14.8 Å². The number of aromatic nitrogens is 2. The molecule has 0 atom stereocenters. The van der Waals surface area contributed by atoms with Crippen molar-refractivity contribution in [3.05, 3.63) is 65.2 Å². The largest absolute Gasteiger partial charge is 0.477 e. The van der Waals surface area contributed by atoms with Crippen molar-refractivity contribution >= 4 is 21.9 Å². The quantitative estimate of drug-likeness (QED) is 0.604. The van der Waals surface area contributed by atoms with Gasteiger partial charge in [-0.15, -0.1) is 0 Å². The van der Waals surface area contributed by atoms with E-state index in [0.717, 1.165) is 16.7 Å². The minimum Gasteiger partial charge on any atom is -0.477 e. The zero-order valence-electron chi connectivity index (χ0n) is 17.2. The molecule has 2 N–H and O–H groups in total. The molecular weight excluding hydrogens is 416 g/mol. The Balaban J connectivity index is 1.83. The molecule has 1 aromatic heterocycles. The Morgan fingerprint density at radius 2 is 1.74 bits per heavy atom. The molecule has 0 unspecified atom stereocenters. The van der Waals surface area contributed by atoms with E-state index in [0.29, 0.717) is 25.3 Å². The van der Waals surface area contributed by atoms with Crippen LogP contribution in [0.5, 0.6) is 5.88 Å². The highest BCUT2D eigenvalue weighted by molar-refractivity contribution is 7.92. The summed E-state index contributed by atoms with van der Waals surface area (Å²) in [6.45, 7) is 4.62. The average molecular weight is 439 g/mol. The van der Waals surface area contributed by atoms with Gasteiger partial charge in [-0.25, -0.2) is 18.1 Å². The summed E-state index contributed by atoms with van der Waals surface area (Å²) in [5.41, 5.74) is 3.72. The van der Waals surface area contributed by atoms with Crippen LogP contribution in [0, 0.1) is 13.8 Å². The molecule has 0 aliphatic carbocycles. The zero-order chi connectivity index (χ0) is 22.0. The predicted molar refractivity (Wildman–Crippen MR) is 117 cm³/mol. The number of amides is 1. The van der Waals surface area contributed by atoms with Crippen molar-refractivity contribution in [3.8, 4) is 17.1 Å². The maximum absolute atomic E-state index is 13.0. The average Bonchev–Trinajstić information content (AvgIpc) is 2.72. The van der Waals surface area contributed by atoms with Crippen LogP contribution in [0.4, 0.5) is 5.95 Å². The standard InChI is InChI=1S/C22H22N4O4S/c1-14-6-3-7-15(2)20(14)18-13-19-25-22(24-18)26-31(28,29)17-9-4-8-16(12-17)21(27)23-10-5-11-30-19/h3-4,6-9,12-13H,5,10-11H2,1-2H3,(H,23,27)(H,24,25,26). The Morgan fingerprint density at radius 1 is 1.00 bits per heavy atom. The molecule has 1 aliphatic heterocycles. The highest BCUT2D eigenvalue weighted by atomic mass is 32.2. The first-order valence-corrected chi connectivity index (χ1v) is 11.3. The lowest BCUT2D eigenvalue weighted by molar-refractivity contribution is 0.0951. The number of hydrogen-bond donors (Lipinski definition) is 2. The predicted octanol–water partition coefficient (Wildman–Crippen LogP) is 3.07. The molecule has 31 heavy (non-hydrogen) atoms. The summed E-state index contributed by atoms with van der Waals surface area (Å²) in [6, 6.07) is 13.4. The number of carbonyl (C=O) groups excluding carboxylic acids is 1. The van der Waals surface area contributed by atoms with Gasteiger partial charge < -0.3 is 10.1 Å². The number of nitrogens with zero attached hydrogens (tertiary/aromatic N) is 2. The van der Waals surface area contributed by atoms with Crippen LogP contribution >= 0.6 is 0 Å². The Labute approximate surface area is 180 Å². The molecule has 1 amide bonds. The van der Waals surface area contributed by atoms with Gasteiger partial charge in [0, 0.05) is 23.7 Å². The number of ether oxygens (including phenoxy) is 1. The third-order valence-corrected chi connectivity index (χ3v) is 6.25. The van der Waals surface area contributed by atoms with E-state index in [-0.39, 0.29) is 28.2 Å². The molecule has 9 heteroatoms. The minimum atomic E-state index is -4.02. The molecule has 0 saturated heterocycles. The van der Waals surface area contributed by atoms with Gasteiger partial charge in [0.1, 0.15) is 0 Å². The van der Waals surface area contributed by atoms with Crippen LogP contribution in [0.1, 0.15) is 27.9 Å². The second-order valence-corrected chi connectivity index (χ2v) is 8.96. The first-order valence-electron chi connectivity index (χ1n) is 9.83. The maximum atomic E-state index is 13.0. The summed E-state index contributed by atoms with van der Waals surface area (Å²) in [5.74, 6) is -0.189. The van der Waals surface area contributed by atoms with Gasteiger partial charge in [0.05, 0.1) is 17.2 Å². The van der Waals surface area contributed by atoms with Crippen LogP contribution in [0.15, 0.2) is 53.4 Å². The summed E-state index contributed by atoms with van der Waals surface area (Å²) in [6.07, 6.45) is 0.565. The monoisotopic (exact) mass is 438 g/mol. The Kier molecular flexibility index (Phi) is 5.60. The number of anilines is 1. The van der Waals surface area contributed by atoms with Gasteiger partial charge in [0.2, 0.25) is 11.8 Å². The fraction of sp³-hybridized carbons (Fsp3) is 0.227. The normalized spacial score (nSPS) is 15.7. The van der Waals surface area contributed by atoms with Crippen molar-refractivity contribution in [1.29, 1.82) is 0 Å². The maximum Gasteiger partial charge on any atom is 0.264 e. The number of aryl methyl sites for hydroxylation is 2. The molecule has 160 valence electrons. The summed E-state index contributed by atoms with van der Waals surface area (Å²) in [5, 5.41) is 2.76. The molecule has 0 saturated carbocycles. The molecule has 0 spiro atoms. The van der Waals surface area contributed by atoms with Crippen LogP contribution in [0.25, 0.3) is 11.3 Å². The molecule has 0 radical (unpaired) electrons. The van der Waals surface area contributed by atoms with Crippen LogP contribution in [-0.2, 0) is 10.0 Å². The SMILES string of the molecule is Cc1cccc(C)c1-c1cc2nc(n1)NS(=O)(=O)c1cccc(c1)C(=O)NCCCO2. The lowest BCUT2D eigenvalue weighted by atomic mass is 10.00. The number of carbonyl (C=O) groups is 1. The molecule has 4 bridgehead atoms. The second kappa shape index (κ2) is 8.35. The lowest BCUT2D eigenvalue weighted by Crippen LogP contribution is -2.26. The number of nitrogens with one attached hydrogen (secondary N) is 2. The van der Waals surface area contributed by atoms with E-state index in [4.69, 9.17) is 4.74 Å². The molecule has 2 aromatic carbocycles. The Hall–Kier alpha value is -3.46. The summed E-state index contributed by atoms with van der Waals surface area (Å²) in [7, 11) is -4.02. The van der Waals surface area contributed by atoms with E-state index in [9.17, 15) is 13.2 Å². The third kappa shape index (κ3) is 4.51. The highest BCUT2D eigenvalue weighted by Crippen LogP contribution is 2.29. The summed E-state index contributed by atoms with van der Waals surface area (Å²) < 4.78 is 34.1. The Bertz CT molecular complexity index is 1240. The van der Waals surface area contributed by atoms with Gasteiger partial charge >= 0.3 is 0 Å². The van der Waals surface area contributed by atoms with Crippen molar-refractivity contribution in [1.82, 2.24) is 15.3 Å². The number of rotatable bonds is 1. The number of hydrogen-bond acceptors (Lipinski definition) is 6. The fourth-order valence-electron chi connectivity index (χ4n) is 3.43. The number of sulfonamides is 1. The summed E-state index contributed by atoms with van der Waals surface area (Å²) in [4.78, 5) is 20.9. The van der Waals surface area contributed by atoms with Crippen molar-refractivity contribution in [2.24, 2.45) is 0 Å². The van der Waals surface area contributed by atoms with E-state index in [1.165, 1.54) is 18.2 Å². The number of benzene rings is 2. The van der Waals surface area contributed by atoms with E-state index in [1.54, 1.807) is 12.1 Å². The third-order valence-electron chi connectivity index (χ3n) is 4.93. The van der Waals surface area contributed by atoms with Crippen LogP contribution in [0.3, 0.4) is 0 Å². The van der Waals surface area contributed by atoms with Gasteiger partial charge in [-0.2, -0.15) is 4.98 Å². The lowest BCUT2D eigenvalue weighted by Gasteiger charge is -2.15. The zero-order valence-corrected chi connectivity index (χ0v) is 18.0.